The molecule has 0 aromatic carbocycles. The molecule has 0 aliphatic carbocycles. The van der Waals surface area contributed by atoms with Gasteiger partial charge in [-0.1, -0.05) is 0 Å². The zero-order valence-electron chi connectivity index (χ0n) is 10.8. The standard InChI is InChI=1S/C12H14BrN5O2/c13-8-5-9(18-11(8)12(14)15-7-16-18)10(19)6-17-1-3-20-4-2-17/h5,7H,1-4,6H2,(H2,14,15,16). The van der Waals surface area contributed by atoms with Crippen molar-refractivity contribution in [3.63, 3.8) is 0 Å². The fourth-order valence-corrected chi connectivity index (χ4v) is 2.85. The van der Waals surface area contributed by atoms with E-state index >= 15 is 0 Å². The van der Waals surface area contributed by atoms with Crippen molar-refractivity contribution in [2.75, 3.05) is 38.6 Å². The molecular weight excluding hydrogens is 326 g/mol. The van der Waals surface area contributed by atoms with Gasteiger partial charge in [-0.2, -0.15) is 5.10 Å². The van der Waals surface area contributed by atoms with Crippen molar-refractivity contribution in [3.05, 3.63) is 22.6 Å². The number of aromatic nitrogens is 3. The van der Waals surface area contributed by atoms with Crippen LogP contribution < -0.4 is 5.73 Å². The molecule has 1 fully saturated rings. The second kappa shape index (κ2) is 5.47. The summed E-state index contributed by atoms with van der Waals surface area (Å²) in [7, 11) is 0. The third-order valence-electron chi connectivity index (χ3n) is 3.29. The first kappa shape index (κ1) is 13.5. The Kier molecular flexibility index (Phi) is 3.68. The fraction of sp³-hybridized carbons (Fsp3) is 0.417. The van der Waals surface area contributed by atoms with Gasteiger partial charge in [-0.15, -0.1) is 0 Å². The lowest BCUT2D eigenvalue weighted by Crippen LogP contribution is -2.39. The number of ether oxygens (including phenoxy) is 1. The van der Waals surface area contributed by atoms with Crippen molar-refractivity contribution in [1.82, 2.24) is 19.5 Å². The number of nitrogen functional groups attached to an aromatic ring is 1. The molecule has 0 bridgehead atoms. The van der Waals surface area contributed by atoms with Crippen molar-refractivity contribution >= 4 is 33.0 Å². The first-order valence-corrected chi connectivity index (χ1v) is 7.07. The van der Waals surface area contributed by atoms with Gasteiger partial charge in [-0.25, -0.2) is 9.50 Å². The van der Waals surface area contributed by atoms with Crippen LogP contribution in [0.5, 0.6) is 0 Å². The number of nitrogens with zero attached hydrogens (tertiary/aromatic N) is 4. The quantitative estimate of drug-likeness (QED) is 0.823. The summed E-state index contributed by atoms with van der Waals surface area (Å²) in [6, 6.07) is 1.74. The zero-order chi connectivity index (χ0) is 14.1. The number of carbonyl (C=O) groups is 1. The molecule has 0 saturated carbocycles. The molecule has 20 heavy (non-hydrogen) atoms. The summed E-state index contributed by atoms with van der Waals surface area (Å²) in [4.78, 5) is 18.4. The van der Waals surface area contributed by atoms with Crippen LogP contribution in [0.15, 0.2) is 16.9 Å². The maximum atomic E-state index is 12.4. The second-order valence-electron chi connectivity index (χ2n) is 4.59. The maximum Gasteiger partial charge on any atom is 0.195 e. The van der Waals surface area contributed by atoms with Crippen LogP contribution in [0.4, 0.5) is 5.82 Å². The molecular formula is C12H14BrN5O2. The Morgan fingerprint density at radius 3 is 2.95 bits per heavy atom. The predicted octanol–water partition coefficient (Wildman–Crippen LogP) is 0.589. The molecule has 2 N–H and O–H groups in total. The second-order valence-corrected chi connectivity index (χ2v) is 5.45. The molecule has 7 nitrogen and oxygen atoms in total. The van der Waals surface area contributed by atoms with Crippen LogP contribution in [-0.4, -0.2) is 58.1 Å². The number of morpholine rings is 1. The molecule has 1 aliphatic rings. The van der Waals surface area contributed by atoms with E-state index < -0.39 is 0 Å². The number of hydrogen-bond donors (Lipinski definition) is 1. The molecule has 0 amide bonds. The van der Waals surface area contributed by atoms with E-state index in [1.165, 1.54) is 10.8 Å². The van der Waals surface area contributed by atoms with Crippen LogP contribution in [0.1, 0.15) is 10.5 Å². The number of rotatable bonds is 3. The van der Waals surface area contributed by atoms with Crippen molar-refractivity contribution in [1.29, 1.82) is 0 Å². The van der Waals surface area contributed by atoms with E-state index in [9.17, 15) is 4.79 Å². The van der Waals surface area contributed by atoms with Gasteiger partial charge in [-0.05, 0) is 22.0 Å². The fourth-order valence-electron chi connectivity index (χ4n) is 2.26. The normalized spacial score (nSPS) is 16.6. The van der Waals surface area contributed by atoms with E-state index in [-0.39, 0.29) is 5.78 Å². The van der Waals surface area contributed by atoms with Gasteiger partial charge < -0.3 is 10.5 Å². The SMILES string of the molecule is Nc1ncnn2c(C(=O)CN3CCOCC3)cc(Br)c12. The van der Waals surface area contributed by atoms with E-state index in [1.54, 1.807) is 6.07 Å². The lowest BCUT2D eigenvalue weighted by atomic mass is 10.2. The molecule has 1 aliphatic heterocycles. The molecule has 0 unspecified atom stereocenters. The summed E-state index contributed by atoms with van der Waals surface area (Å²) < 4.78 is 7.53. The van der Waals surface area contributed by atoms with E-state index in [0.717, 1.165) is 17.6 Å². The highest BCUT2D eigenvalue weighted by atomic mass is 79.9. The van der Waals surface area contributed by atoms with E-state index in [1.807, 2.05) is 0 Å². The highest BCUT2D eigenvalue weighted by Crippen LogP contribution is 2.25. The minimum atomic E-state index is 0.00528. The van der Waals surface area contributed by atoms with E-state index in [4.69, 9.17) is 10.5 Å². The Morgan fingerprint density at radius 1 is 1.45 bits per heavy atom. The van der Waals surface area contributed by atoms with Crippen molar-refractivity contribution in [3.8, 4) is 0 Å². The van der Waals surface area contributed by atoms with Gasteiger partial charge in [0, 0.05) is 17.6 Å². The average molecular weight is 340 g/mol. The Bertz CT molecular complexity index is 651. The Morgan fingerprint density at radius 2 is 2.20 bits per heavy atom. The van der Waals surface area contributed by atoms with Gasteiger partial charge in [0.2, 0.25) is 0 Å². The first-order chi connectivity index (χ1) is 9.66. The highest BCUT2D eigenvalue weighted by molar-refractivity contribution is 9.10. The smallest absolute Gasteiger partial charge is 0.195 e. The number of Topliss-reactive ketones (excluding diaryl/α,β-unsaturated/α-hetero) is 1. The molecule has 3 rings (SSSR count). The predicted molar refractivity (Wildman–Crippen MR) is 76.7 cm³/mol. The number of ketones is 1. The van der Waals surface area contributed by atoms with Gasteiger partial charge in [0.25, 0.3) is 0 Å². The molecule has 8 heteroatoms. The third kappa shape index (κ3) is 2.41. The summed E-state index contributed by atoms with van der Waals surface area (Å²) >= 11 is 3.40. The number of nitrogens with two attached hydrogens (primary N) is 1. The first-order valence-electron chi connectivity index (χ1n) is 6.28. The van der Waals surface area contributed by atoms with Crippen LogP contribution in [0.25, 0.3) is 5.52 Å². The maximum absolute atomic E-state index is 12.4. The van der Waals surface area contributed by atoms with Crippen LogP contribution in [0, 0.1) is 0 Å². The number of anilines is 1. The third-order valence-corrected chi connectivity index (χ3v) is 3.90. The summed E-state index contributed by atoms with van der Waals surface area (Å²) in [5.74, 6) is 0.350. The zero-order valence-corrected chi connectivity index (χ0v) is 12.3. The average Bonchev–Trinajstić information content (AvgIpc) is 2.79. The monoisotopic (exact) mass is 339 g/mol. The Balaban J connectivity index is 1.90. The topological polar surface area (TPSA) is 85.8 Å². The van der Waals surface area contributed by atoms with Crippen molar-refractivity contribution in [2.24, 2.45) is 0 Å². The number of halogens is 1. The molecule has 1 saturated heterocycles. The Labute approximate surface area is 123 Å². The number of carbonyl (C=O) groups excluding carboxylic acids is 1. The van der Waals surface area contributed by atoms with Crippen LogP contribution in [-0.2, 0) is 4.74 Å². The van der Waals surface area contributed by atoms with E-state index in [0.29, 0.717) is 36.8 Å². The van der Waals surface area contributed by atoms with Gasteiger partial charge in [0.05, 0.1) is 19.8 Å². The summed E-state index contributed by atoms with van der Waals surface area (Å²) in [5, 5.41) is 4.11. The number of hydrogen-bond acceptors (Lipinski definition) is 6. The minimum absolute atomic E-state index is 0.00528. The molecule has 106 valence electrons. The molecule has 0 radical (unpaired) electrons. The van der Waals surface area contributed by atoms with Gasteiger partial charge >= 0.3 is 0 Å². The van der Waals surface area contributed by atoms with Crippen LogP contribution >= 0.6 is 15.9 Å². The van der Waals surface area contributed by atoms with Gasteiger partial charge in [-0.3, -0.25) is 9.69 Å². The summed E-state index contributed by atoms with van der Waals surface area (Å²) in [6.07, 6.45) is 1.35. The highest BCUT2D eigenvalue weighted by Gasteiger charge is 2.20. The molecule has 0 spiro atoms. The molecule has 0 atom stereocenters. The van der Waals surface area contributed by atoms with Crippen LogP contribution in [0.2, 0.25) is 0 Å². The van der Waals surface area contributed by atoms with Crippen molar-refractivity contribution in [2.45, 2.75) is 0 Å². The van der Waals surface area contributed by atoms with E-state index in [2.05, 4.69) is 30.9 Å². The summed E-state index contributed by atoms with van der Waals surface area (Å²) in [6.45, 7) is 3.23. The summed E-state index contributed by atoms with van der Waals surface area (Å²) in [5.41, 5.74) is 6.94. The van der Waals surface area contributed by atoms with Gasteiger partial charge in [0.1, 0.15) is 17.5 Å². The lowest BCUT2D eigenvalue weighted by molar-refractivity contribution is 0.0369. The Hall–Kier alpha value is -1.51. The lowest BCUT2D eigenvalue weighted by Gasteiger charge is -2.25. The molecule has 2 aromatic rings. The van der Waals surface area contributed by atoms with Crippen molar-refractivity contribution < 1.29 is 9.53 Å². The number of fused-ring (bicyclic) bond motifs is 1. The molecule has 2 aromatic heterocycles. The minimum Gasteiger partial charge on any atom is -0.382 e. The van der Waals surface area contributed by atoms with Gasteiger partial charge in [0.15, 0.2) is 11.6 Å². The van der Waals surface area contributed by atoms with Crippen LogP contribution in [0.3, 0.4) is 0 Å². The largest absolute Gasteiger partial charge is 0.382 e. The molecule has 3 heterocycles.